The molecule has 3 aromatic carbocycles. The van der Waals surface area contributed by atoms with Gasteiger partial charge in [0.05, 0.1) is 16.9 Å². The van der Waals surface area contributed by atoms with E-state index < -0.39 is 11.9 Å². The van der Waals surface area contributed by atoms with Crippen LogP contribution in [0.4, 0.5) is 11.4 Å². The molecule has 0 saturated carbocycles. The zero-order chi connectivity index (χ0) is 28.5. The molecule has 1 saturated heterocycles. The van der Waals surface area contributed by atoms with Gasteiger partial charge in [-0.05, 0) is 52.4 Å². The Morgan fingerprint density at radius 3 is 2.61 bits per heavy atom. The topological polar surface area (TPSA) is 131 Å². The highest BCUT2D eigenvalue weighted by Gasteiger charge is 2.39. The van der Waals surface area contributed by atoms with Crippen LogP contribution in [-0.2, 0) is 27.9 Å². The van der Waals surface area contributed by atoms with Crippen LogP contribution in [0.15, 0.2) is 79.3 Å². The number of carbonyl (C=O) groups excluding carboxylic acids is 3. The number of piperazine rings is 1. The maximum atomic E-state index is 13.7. The standard InChI is InChI=1S/C28H24ClN9O3/c1-35-14-19-12-21(8-9-22(19)32-35)31-28(41)25(11-18-5-3-2-4-6-18)37-16-26(39)36(15-27(37)40)24-13-20(29)7-10-23(24)38-17-30-33-34-38/h2-10,12-14,17,25H,11,15-16H2,1H3,(H,31,41). The van der Waals surface area contributed by atoms with Crippen molar-refractivity contribution in [3.05, 3.63) is 89.8 Å². The average molecular weight is 570 g/mol. The number of halogens is 1. The predicted octanol–water partition coefficient (Wildman–Crippen LogP) is 2.63. The molecule has 2 aromatic heterocycles. The van der Waals surface area contributed by atoms with Gasteiger partial charge in [-0.1, -0.05) is 41.9 Å². The van der Waals surface area contributed by atoms with E-state index in [1.165, 1.54) is 20.8 Å². The summed E-state index contributed by atoms with van der Waals surface area (Å²) >= 11 is 6.25. The molecule has 0 bridgehead atoms. The van der Waals surface area contributed by atoms with Gasteiger partial charge in [0, 0.05) is 35.8 Å². The van der Waals surface area contributed by atoms with Crippen molar-refractivity contribution in [2.45, 2.75) is 12.5 Å². The molecule has 1 N–H and O–H groups in total. The molecule has 13 heteroatoms. The summed E-state index contributed by atoms with van der Waals surface area (Å²) < 4.78 is 3.09. The Bertz CT molecular complexity index is 1750. The highest BCUT2D eigenvalue weighted by Crippen LogP contribution is 2.30. The van der Waals surface area contributed by atoms with Gasteiger partial charge in [-0.15, -0.1) is 5.10 Å². The number of tetrazole rings is 1. The Morgan fingerprint density at radius 2 is 1.83 bits per heavy atom. The lowest BCUT2D eigenvalue weighted by molar-refractivity contribution is -0.143. The molecule has 206 valence electrons. The molecule has 1 fully saturated rings. The number of nitrogens with one attached hydrogen (secondary N) is 1. The van der Waals surface area contributed by atoms with Crippen LogP contribution in [0.1, 0.15) is 5.56 Å². The van der Waals surface area contributed by atoms with E-state index in [-0.39, 0.29) is 31.3 Å². The van der Waals surface area contributed by atoms with Crippen molar-refractivity contribution in [1.82, 2.24) is 34.9 Å². The first-order chi connectivity index (χ1) is 19.9. The molecule has 6 rings (SSSR count). The molecule has 3 heterocycles. The van der Waals surface area contributed by atoms with E-state index in [1.54, 1.807) is 28.9 Å². The van der Waals surface area contributed by atoms with Gasteiger partial charge in [0.15, 0.2) is 0 Å². The second-order valence-electron chi connectivity index (χ2n) is 9.66. The van der Waals surface area contributed by atoms with Crippen LogP contribution in [0.2, 0.25) is 5.02 Å². The number of hydrogen-bond donors (Lipinski definition) is 1. The third-order valence-corrected chi connectivity index (χ3v) is 7.12. The minimum absolute atomic E-state index is 0.230. The van der Waals surface area contributed by atoms with Crippen molar-refractivity contribution in [2.75, 3.05) is 23.3 Å². The zero-order valence-electron chi connectivity index (χ0n) is 21.9. The van der Waals surface area contributed by atoms with E-state index in [1.807, 2.05) is 55.7 Å². The number of aryl methyl sites for hydroxylation is 1. The highest BCUT2D eigenvalue weighted by molar-refractivity contribution is 6.31. The van der Waals surface area contributed by atoms with Crippen LogP contribution in [0, 0.1) is 0 Å². The van der Waals surface area contributed by atoms with Crippen LogP contribution >= 0.6 is 11.6 Å². The molecule has 1 atom stereocenters. The summed E-state index contributed by atoms with van der Waals surface area (Å²) in [5.41, 5.74) is 3.09. The van der Waals surface area contributed by atoms with Gasteiger partial charge < -0.3 is 10.2 Å². The fourth-order valence-electron chi connectivity index (χ4n) is 4.95. The number of anilines is 2. The smallest absolute Gasteiger partial charge is 0.247 e. The fourth-order valence-corrected chi connectivity index (χ4v) is 5.12. The molecule has 1 aliphatic rings. The normalized spacial score (nSPS) is 14.5. The van der Waals surface area contributed by atoms with Crippen molar-refractivity contribution in [2.24, 2.45) is 7.05 Å². The molecule has 41 heavy (non-hydrogen) atoms. The second-order valence-corrected chi connectivity index (χ2v) is 10.1. The lowest BCUT2D eigenvalue weighted by Gasteiger charge is -2.38. The Morgan fingerprint density at radius 1 is 1.00 bits per heavy atom. The van der Waals surface area contributed by atoms with Gasteiger partial charge in [-0.3, -0.25) is 24.0 Å². The number of hydrogen-bond acceptors (Lipinski definition) is 7. The Labute approximate surface area is 239 Å². The molecule has 5 aromatic rings. The summed E-state index contributed by atoms with van der Waals surface area (Å²) in [6.45, 7) is -0.582. The minimum Gasteiger partial charge on any atom is -0.324 e. The number of amides is 3. The van der Waals surface area contributed by atoms with Gasteiger partial charge in [-0.2, -0.15) is 9.78 Å². The molecule has 12 nitrogen and oxygen atoms in total. The maximum absolute atomic E-state index is 13.7. The van der Waals surface area contributed by atoms with Crippen LogP contribution in [0.5, 0.6) is 0 Å². The van der Waals surface area contributed by atoms with E-state index >= 15 is 0 Å². The number of nitrogens with zero attached hydrogens (tertiary/aromatic N) is 8. The van der Waals surface area contributed by atoms with Gasteiger partial charge in [0.25, 0.3) is 0 Å². The highest BCUT2D eigenvalue weighted by atomic mass is 35.5. The van der Waals surface area contributed by atoms with Crippen LogP contribution < -0.4 is 10.2 Å². The van der Waals surface area contributed by atoms with Crippen molar-refractivity contribution in [3.8, 4) is 5.69 Å². The second kappa shape index (κ2) is 10.8. The molecule has 0 radical (unpaired) electrons. The Balaban J connectivity index is 1.29. The van der Waals surface area contributed by atoms with Crippen molar-refractivity contribution in [3.63, 3.8) is 0 Å². The van der Waals surface area contributed by atoms with Crippen LogP contribution in [0.25, 0.3) is 16.6 Å². The van der Waals surface area contributed by atoms with Crippen LogP contribution in [0.3, 0.4) is 0 Å². The SMILES string of the molecule is Cn1cc2cc(NC(=O)C(Cc3ccccc3)N3CC(=O)N(c4cc(Cl)ccc4-n4cnnn4)CC3=O)ccc2n1. The summed E-state index contributed by atoms with van der Waals surface area (Å²) in [6, 6.07) is 18.7. The number of benzene rings is 3. The molecule has 0 spiro atoms. The lowest BCUT2D eigenvalue weighted by atomic mass is 10.0. The van der Waals surface area contributed by atoms with Gasteiger partial charge >= 0.3 is 0 Å². The summed E-state index contributed by atoms with van der Waals surface area (Å²) in [7, 11) is 1.82. The minimum atomic E-state index is -0.932. The average Bonchev–Trinajstić information content (AvgIpc) is 3.62. The summed E-state index contributed by atoms with van der Waals surface area (Å²) in [6.07, 6.45) is 3.47. The van der Waals surface area contributed by atoms with E-state index in [9.17, 15) is 14.4 Å². The first kappa shape index (κ1) is 26.1. The first-order valence-corrected chi connectivity index (χ1v) is 13.1. The zero-order valence-corrected chi connectivity index (χ0v) is 22.6. The summed E-state index contributed by atoms with van der Waals surface area (Å²) in [4.78, 5) is 43.6. The van der Waals surface area contributed by atoms with E-state index in [0.29, 0.717) is 22.1 Å². The van der Waals surface area contributed by atoms with Crippen LogP contribution in [-0.4, -0.2) is 71.7 Å². The molecule has 3 amide bonds. The number of carbonyl (C=O) groups is 3. The van der Waals surface area contributed by atoms with E-state index in [4.69, 9.17) is 11.6 Å². The lowest BCUT2D eigenvalue weighted by Crippen LogP contribution is -2.60. The van der Waals surface area contributed by atoms with Gasteiger partial charge in [-0.25, -0.2) is 0 Å². The predicted molar refractivity (Wildman–Crippen MR) is 152 cm³/mol. The van der Waals surface area contributed by atoms with Gasteiger partial charge in [0.1, 0.15) is 25.5 Å². The fraction of sp³-hybridized carbons (Fsp3) is 0.179. The molecule has 1 unspecified atom stereocenters. The number of fused-ring (bicyclic) bond motifs is 1. The number of aromatic nitrogens is 6. The largest absolute Gasteiger partial charge is 0.324 e. The monoisotopic (exact) mass is 569 g/mol. The third-order valence-electron chi connectivity index (χ3n) is 6.88. The van der Waals surface area contributed by atoms with Crippen molar-refractivity contribution >= 4 is 51.6 Å². The number of rotatable bonds is 7. The Hall–Kier alpha value is -5.10. The molecule has 0 aliphatic carbocycles. The van der Waals surface area contributed by atoms with Crippen molar-refractivity contribution in [1.29, 1.82) is 0 Å². The summed E-state index contributed by atoms with van der Waals surface area (Å²) in [5, 5.41) is 19.8. The molecular formula is C28H24ClN9O3. The third kappa shape index (κ3) is 5.37. The van der Waals surface area contributed by atoms with E-state index in [0.717, 1.165) is 16.5 Å². The van der Waals surface area contributed by atoms with E-state index in [2.05, 4.69) is 25.9 Å². The summed E-state index contributed by atoms with van der Waals surface area (Å²) in [5.74, 6) is -1.15. The van der Waals surface area contributed by atoms with Crippen molar-refractivity contribution < 1.29 is 14.4 Å². The first-order valence-electron chi connectivity index (χ1n) is 12.8. The quantitative estimate of drug-likeness (QED) is 0.319. The molecule has 1 aliphatic heterocycles. The maximum Gasteiger partial charge on any atom is 0.247 e. The molecular weight excluding hydrogens is 546 g/mol. The Kier molecular flexibility index (Phi) is 6.89. The van der Waals surface area contributed by atoms with Gasteiger partial charge in [0.2, 0.25) is 17.7 Å².